The lowest BCUT2D eigenvalue weighted by Gasteiger charge is -2.31. The normalized spacial score (nSPS) is 12.0. The predicted octanol–water partition coefficient (Wildman–Crippen LogP) is 4.93. The molecular weight excluding hydrogens is 545 g/mol. The second-order valence-corrected chi connectivity index (χ2v) is 11.6. The van der Waals surface area contributed by atoms with Gasteiger partial charge in [-0.05, 0) is 41.8 Å². The van der Waals surface area contributed by atoms with Gasteiger partial charge < -0.3 is 10.2 Å². The fourth-order valence-electron chi connectivity index (χ4n) is 4.15. The number of para-hydroxylation sites is 1. The Bertz CT molecular complexity index is 1340. The number of anilines is 1. The zero-order chi connectivity index (χ0) is 27.7. The van der Waals surface area contributed by atoms with E-state index in [1.807, 2.05) is 30.3 Å². The molecule has 38 heavy (non-hydrogen) atoms. The van der Waals surface area contributed by atoms with Crippen LogP contribution < -0.4 is 9.62 Å². The van der Waals surface area contributed by atoms with Crippen molar-refractivity contribution < 1.29 is 18.0 Å². The Kier molecular flexibility index (Phi) is 10.6. The SMILES string of the molecule is CNC(=O)C(Cc1ccccc1)N(Cc1ccc(Cl)c(Cl)c1)C(=O)CCCN(c1ccccc1)S(C)(=O)=O. The van der Waals surface area contributed by atoms with Gasteiger partial charge in [-0.1, -0.05) is 77.8 Å². The number of hydrogen-bond acceptors (Lipinski definition) is 4. The summed E-state index contributed by atoms with van der Waals surface area (Å²) in [5.74, 6) is -0.577. The van der Waals surface area contributed by atoms with Crippen LogP contribution in [-0.2, 0) is 32.6 Å². The van der Waals surface area contributed by atoms with Crippen LogP contribution in [0.15, 0.2) is 78.9 Å². The number of benzene rings is 3. The molecule has 0 aliphatic rings. The van der Waals surface area contributed by atoms with Crippen LogP contribution in [0.5, 0.6) is 0 Å². The Morgan fingerprint density at radius 2 is 1.53 bits per heavy atom. The largest absolute Gasteiger partial charge is 0.357 e. The molecule has 0 fully saturated rings. The van der Waals surface area contributed by atoms with Gasteiger partial charge in [-0.15, -0.1) is 0 Å². The minimum absolute atomic E-state index is 0.0441. The summed E-state index contributed by atoms with van der Waals surface area (Å²) in [6, 6.07) is 22.5. The second-order valence-electron chi connectivity index (χ2n) is 8.86. The van der Waals surface area contributed by atoms with Crippen LogP contribution in [0.25, 0.3) is 0 Å². The van der Waals surface area contributed by atoms with E-state index in [1.165, 1.54) is 16.3 Å². The van der Waals surface area contributed by atoms with Gasteiger partial charge in [0, 0.05) is 33.0 Å². The number of nitrogens with zero attached hydrogens (tertiary/aromatic N) is 2. The van der Waals surface area contributed by atoms with Gasteiger partial charge in [0.1, 0.15) is 6.04 Å². The van der Waals surface area contributed by atoms with E-state index < -0.39 is 16.1 Å². The molecule has 0 bridgehead atoms. The van der Waals surface area contributed by atoms with Crippen molar-refractivity contribution in [3.05, 3.63) is 100 Å². The average Bonchev–Trinajstić information content (AvgIpc) is 2.90. The van der Waals surface area contributed by atoms with Gasteiger partial charge in [-0.3, -0.25) is 13.9 Å². The van der Waals surface area contributed by atoms with E-state index in [1.54, 1.807) is 48.5 Å². The maximum absolute atomic E-state index is 13.6. The van der Waals surface area contributed by atoms with Crippen LogP contribution in [0.3, 0.4) is 0 Å². The van der Waals surface area contributed by atoms with Crippen LogP contribution in [0.1, 0.15) is 24.0 Å². The number of carbonyl (C=O) groups excluding carboxylic acids is 2. The zero-order valence-corrected chi connectivity index (χ0v) is 23.6. The molecular formula is C28H31Cl2N3O4S. The van der Waals surface area contributed by atoms with Gasteiger partial charge in [0.2, 0.25) is 21.8 Å². The van der Waals surface area contributed by atoms with Gasteiger partial charge in [0.05, 0.1) is 22.0 Å². The fraction of sp³-hybridized carbons (Fsp3) is 0.286. The van der Waals surface area contributed by atoms with Crippen molar-refractivity contribution in [1.29, 1.82) is 0 Å². The molecule has 0 aliphatic carbocycles. The topological polar surface area (TPSA) is 86.8 Å². The van der Waals surface area contributed by atoms with Crippen LogP contribution in [0.2, 0.25) is 10.0 Å². The van der Waals surface area contributed by atoms with Crippen molar-refractivity contribution in [3.8, 4) is 0 Å². The van der Waals surface area contributed by atoms with Gasteiger partial charge in [-0.2, -0.15) is 0 Å². The Labute approximate surface area is 234 Å². The number of hydrogen-bond donors (Lipinski definition) is 1. The first kappa shape index (κ1) is 29.5. The molecule has 0 saturated heterocycles. The Balaban J connectivity index is 1.85. The minimum Gasteiger partial charge on any atom is -0.357 e. The first-order valence-electron chi connectivity index (χ1n) is 12.1. The van der Waals surface area contributed by atoms with E-state index in [9.17, 15) is 18.0 Å². The summed E-state index contributed by atoms with van der Waals surface area (Å²) in [4.78, 5) is 28.2. The number of halogens is 2. The second kappa shape index (κ2) is 13.6. The van der Waals surface area contributed by atoms with Crippen LogP contribution in [0, 0.1) is 0 Å². The molecule has 1 N–H and O–H groups in total. The average molecular weight is 577 g/mol. The summed E-state index contributed by atoms with van der Waals surface area (Å²) in [6.45, 7) is 0.258. The molecule has 0 aliphatic heterocycles. The summed E-state index contributed by atoms with van der Waals surface area (Å²) in [5.41, 5.74) is 2.15. The maximum atomic E-state index is 13.6. The van der Waals surface area contributed by atoms with E-state index in [0.29, 0.717) is 22.2 Å². The van der Waals surface area contributed by atoms with Crippen molar-refractivity contribution in [3.63, 3.8) is 0 Å². The summed E-state index contributed by atoms with van der Waals surface area (Å²) < 4.78 is 26.2. The van der Waals surface area contributed by atoms with E-state index in [2.05, 4.69) is 5.32 Å². The van der Waals surface area contributed by atoms with Crippen LogP contribution >= 0.6 is 23.2 Å². The molecule has 1 atom stereocenters. The van der Waals surface area contributed by atoms with Gasteiger partial charge in [0.25, 0.3) is 0 Å². The Morgan fingerprint density at radius 3 is 2.11 bits per heavy atom. The smallest absolute Gasteiger partial charge is 0.242 e. The summed E-state index contributed by atoms with van der Waals surface area (Å²) in [5, 5.41) is 3.42. The molecule has 7 nitrogen and oxygen atoms in total. The highest BCUT2D eigenvalue weighted by atomic mass is 35.5. The monoisotopic (exact) mass is 575 g/mol. The van der Waals surface area contributed by atoms with Gasteiger partial charge in [0.15, 0.2) is 0 Å². The van der Waals surface area contributed by atoms with Crippen molar-refractivity contribution in [2.24, 2.45) is 0 Å². The quantitative estimate of drug-likeness (QED) is 0.332. The first-order valence-corrected chi connectivity index (χ1v) is 14.7. The lowest BCUT2D eigenvalue weighted by Crippen LogP contribution is -2.49. The third kappa shape index (κ3) is 8.21. The minimum atomic E-state index is -3.55. The molecule has 3 rings (SSSR count). The van der Waals surface area contributed by atoms with Crippen molar-refractivity contribution in [2.75, 3.05) is 24.2 Å². The standard InChI is InChI=1S/C28H31Cl2N3O4S/c1-31-28(35)26(19-21-10-5-3-6-11-21)32(20-22-15-16-24(29)25(30)18-22)27(34)14-9-17-33(38(2,36)37)23-12-7-4-8-13-23/h3-8,10-13,15-16,18,26H,9,14,17,19-20H2,1-2H3,(H,31,35). The fourth-order valence-corrected chi connectivity index (χ4v) is 5.44. The molecule has 3 aromatic rings. The number of likely N-dealkylation sites (N-methyl/N-ethyl adjacent to an activating group) is 1. The third-order valence-corrected chi connectivity index (χ3v) is 7.98. The van der Waals surface area contributed by atoms with Crippen molar-refractivity contribution in [1.82, 2.24) is 10.2 Å². The molecule has 202 valence electrons. The Hall–Kier alpha value is -3.07. The number of carbonyl (C=O) groups is 2. The lowest BCUT2D eigenvalue weighted by molar-refractivity contribution is -0.141. The zero-order valence-electron chi connectivity index (χ0n) is 21.3. The number of nitrogens with one attached hydrogen (secondary N) is 1. The summed E-state index contributed by atoms with van der Waals surface area (Å²) in [7, 11) is -2.02. The van der Waals surface area contributed by atoms with E-state index in [0.717, 1.165) is 17.4 Å². The first-order chi connectivity index (χ1) is 18.1. The van der Waals surface area contributed by atoms with Crippen molar-refractivity contribution >= 4 is 50.7 Å². The molecule has 0 spiro atoms. The van der Waals surface area contributed by atoms with Crippen LogP contribution in [-0.4, -0.2) is 51.0 Å². The van der Waals surface area contributed by atoms with Gasteiger partial charge >= 0.3 is 0 Å². The molecule has 2 amide bonds. The molecule has 0 saturated carbocycles. The molecule has 10 heteroatoms. The highest BCUT2D eigenvalue weighted by Gasteiger charge is 2.30. The van der Waals surface area contributed by atoms with E-state index in [-0.39, 0.29) is 37.7 Å². The van der Waals surface area contributed by atoms with E-state index in [4.69, 9.17) is 23.2 Å². The third-order valence-electron chi connectivity index (χ3n) is 6.05. The number of rotatable bonds is 12. The Morgan fingerprint density at radius 1 is 0.895 bits per heavy atom. The molecule has 0 heterocycles. The predicted molar refractivity (Wildman–Crippen MR) is 153 cm³/mol. The highest BCUT2D eigenvalue weighted by Crippen LogP contribution is 2.25. The van der Waals surface area contributed by atoms with Crippen LogP contribution in [0.4, 0.5) is 5.69 Å². The summed E-state index contributed by atoms with van der Waals surface area (Å²) >= 11 is 12.3. The number of amides is 2. The van der Waals surface area contributed by atoms with E-state index >= 15 is 0 Å². The molecule has 0 radical (unpaired) electrons. The lowest BCUT2D eigenvalue weighted by atomic mass is 10.0. The summed E-state index contributed by atoms with van der Waals surface area (Å²) in [6.07, 6.45) is 1.76. The van der Waals surface area contributed by atoms with Gasteiger partial charge in [-0.25, -0.2) is 8.42 Å². The van der Waals surface area contributed by atoms with Crippen molar-refractivity contribution in [2.45, 2.75) is 31.8 Å². The molecule has 0 aromatic heterocycles. The highest BCUT2D eigenvalue weighted by molar-refractivity contribution is 7.92. The molecule has 1 unspecified atom stereocenters. The number of sulfonamides is 1. The maximum Gasteiger partial charge on any atom is 0.242 e. The molecule has 3 aromatic carbocycles.